The highest BCUT2D eigenvalue weighted by Gasteiger charge is 2.22. The molecule has 0 bridgehead atoms. The molecule has 1 aliphatic carbocycles. The molecular weight excluding hydrogens is 262 g/mol. The first-order valence-electron chi connectivity index (χ1n) is 7.03. The highest BCUT2D eigenvalue weighted by molar-refractivity contribution is 7.90. The number of rotatable bonds is 4. The fourth-order valence-electron chi connectivity index (χ4n) is 2.73. The Morgan fingerprint density at radius 1 is 1.21 bits per heavy atom. The molecule has 1 aliphatic rings. The molecule has 0 spiro atoms. The quantitative estimate of drug-likeness (QED) is 0.794. The summed E-state index contributed by atoms with van der Waals surface area (Å²) in [7, 11) is -1.31. The minimum Gasteiger partial charge on any atom is -0.253 e. The molecule has 1 heterocycles. The van der Waals surface area contributed by atoms with Gasteiger partial charge in [-0.15, -0.1) is 0 Å². The predicted molar refractivity (Wildman–Crippen MR) is 74.4 cm³/mol. The molecule has 0 unspecified atom stereocenters. The second-order valence-corrected chi connectivity index (χ2v) is 7.72. The van der Waals surface area contributed by atoms with E-state index in [9.17, 15) is 8.42 Å². The molecule has 0 N–H and O–H groups in total. The van der Waals surface area contributed by atoms with E-state index in [1.54, 1.807) is 11.7 Å². The van der Waals surface area contributed by atoms with Gasteiger partial charge in [-0.1, -0.05) is 25.7 Å². The van der Waals surface area contributed by atoms with E-state index in [2.05, 4.69) is 10.1 Å². The van der Waals surface area contributed by atoms with Gasteiger partial charge in [0, 0.05) is 7.05 Å². The number of aryl methyl sites for hydroxylation is 2. The Morgan fingerprint density at radius 2 is 1.84 bits per heavy atom. The van der Waals surface area contributed by atoms with E-state index in [1.807, 2.05) is 6.92 Å². The van der Waals surface area contributed by atoms with Gasteiger partial charge in [-0.2, -0.15) is 5.10 Å². The maximum atomic E-state index is 12.2. The Bertz CT molecular complexity index is 494. The summed E-state index contributed by atoms with van der Waals surface area (Å²) >= 11 is 0. The van der Waals surface area contributed by atoms with Crippen LogP contribution in [-0.2, 0) is 22.6 Å². The van der Waals surface area contributed by atoms with Gasteiger partial charge in [0.25, 0.3) is 0 Å². The molecule has 6 heteroatoms. The Hall–Kier alpha value is -0.910. The van der Waals surface area contributed by atoms with Gasteiger partial charge in [-0.05, 0) is 25.7 Å². The third-order valence-corrected chi connectivity index (χ3v) is 5.52. The van der Waals surface area contributed by atoms with Crippen LogP contribution in [-0.4, -0.2) is 28.9 Å². The fourth-order valence-corrected chi connectivity index (χ4v) is 4.42. The van der Waals surface area contributed by atoms with Crippen molar-refractivity contribution in [2.75, 3.05) is 5.75 Å². The largest absolute Gasteiger partial charge is 0.253 e. The van der Waals surface area contributed by atoms with Gasteiger partial charge in [-0.3, -0.25) is 4.68 Å². The van der Waals surface area contributed by atoms with Crippen molar-refractivity contribution in [1.29, 1.82) is 0 Å². The summed E-state index contributed by atoms with van der Waals surface area (Å²) in [5, 5.41) is 4.13. The number of sulfone groups is 1. The lowest BCUT2D eigenvalue weighted by Crippen LogP contribution is -2.18. The Kier molecular flexibility index (Phi) is 4.60. The minimum absolute atomic E-state index is 0.0226. The van der Waals surface area contributed by atoms with Crippen LogP contribution >= 0.6 is 0 Å². The molecule has 0 aromatic carbocycles. The minimum atomic E-state index is -3.09. The standard InChI is InChI=1S/C13H23N3O2S/c1-11-14-13(15-16(11)2)10-19(17,18)9-12-7-5-3-4-6-8-12/h12H,3-10H2,1-2H3. The van der Waals surface area contributed by atoms with Crippen LogP contribution in [0, 0.1) is 12.8 Å². The maximum Gasteiger partial charge on any atom is 0.165 e. The van der Waals surface area contributed by atoms with Gasteiger partial charge in [0.15, 0.2) is 15.7 Å². The molecule has 1 saturated carbocycles. The van der Waals surface area contributed by atoms with E-state index in [1.165, 1.54) is 25.7 Å². The third kappa shape index (κ3) is 4.30. The van der Waals surface area contributed by atoms with Crippen LogP contribution in [0.3, 0.4) is 0 Å². The lowest BCUT2D eigenvalue weighted by atomic mass is 10.0. The SMILES string of the molecule is Cc1nc(CS(=O)(=O)CC2CCCCCC2)nn1C. The Balaban J connectivity index is 1.97. The first-order valence-corrected chi connectivity index (χ1v) is 8.85. The fraction of sp³-hybridized carbons (Fsp3) is 0.846. The summed E-state index contributed by atoms with van der Waals surface area (Å²) in [6, 6.07) is 0. The van der Waals surface area contributed by atoms with Crippen molar-refractivity contribution in [2.24, 2.45) is 13.0 Å². The molecule has 0 aliphatic heterocycles. The van der Waals surface area contributed by atoms with E-state index in [-0.39, 0.29) is 5.75 Å². The van der Waals surface area contributed by atoms with E-state index < -0.39 is 9.84 Å². The molecule has 0 amide bonds. The molecule has 1 fully saturated rings. The zero-order chi connectivity index (χ0) is 13.9. The van der Waals surface area contributed by atoms with E-state index in [4.69, 9.17) is 0 Å². The van der Waals surface area contributed by atoms with Crippen molar-refractivity contribution in [1.82, 2.24) is 14.8 Å². The van der Waals surface area contributed by atoms with Gasteiger partial charge in [0.2, 0.25) is 0 Å². The number of nitrogens with zero attached hydrogens (tertiary/aromatic N) is 3. The van der Waals surface area contributed by atoms with Crippen LogP contribution < -0.4 is 0 Å². The van der Waals surface area contributed by atoms with Crippen LogP contribution in [0.15, 0.2) is 0 Å². The monoisotopic (exact) mass is 285 g/mol. The zero-order valence-corrected chi connectivity index (χ0v) is 12.6. The molecule has 1 aromatic heterocycles. The summed E-state index contributed by atoms with van der Waals surface area (Å²) in [6.45, 7) is 1.83. The number of hydrogen-bond donors (Lipinski definition) is 0. The lowest BCUT2D eigenvalue weighted by Gasteiger charge is -2.13. The topological polar surface area (TPSA) is 64.8 Å². The second-order valence-electron chi connectivity index (χ2n) is 5.61. The Morgan fingerprint density at radius 3 is 2.37 bits per heavy atom. The van der Waals surface area contributed by atoms with Crippen molar-refractivity contribution in [3.63, 3.8) is 0 Å². The maximum absolute atomic E-state index is 12.2. The van der Waals surface area contributed by atoms with Gasteiger partial charge in [-0.25, -0.2) is 13.4 Å². The predicted octanol–water partition coefficient (Wildman–Crippen LogP) is 2.01. The molecule has 0 atom stereocenters. The molecule has 2 rings (SSSR count). The van der Waals surface area contributed by atoms with Crippen LogP contribution in [0.1, 0.15) is 50.2 Å². The van der Waals surface area contributed by atoms with Crippen LogP contribution in [0.5, 0.6) is 0 Å². The summed E-state index contributed by atoms with van der Waals surface area (Å²) in [5.74, 6) is 1.78. The average Bonchev–Trinajstić information content (AvgIpc) is 2.54. The first-order chi connectivity index (χ1) is 8.96. The Labute approximate surface area is 115 Å². The molecule has 0 radical (unpaired) electrons. The van der Waals surface area contributed by atoms with Crippen LogP contribution in [0.25, 0.3) is 0 Å². The van der Waals surface area contributed by atoms with Gasteiger partial charge in [0.05, 0.1) is 5.75 Å². The lowest BCUT2D eigenvalue weighted by molar-refractivity contribution is 0.493. The van der Waals surface area contributed by atoms with Gasteiger partial charge >= 0.3 is 0 Å². The average molecular weight is 285 g/mol. The molecule has 108 valence electrons. The smallest absolute Gasteiger partial charge is 0.165 e. The molecule has 1 aromatic rings. The van der Waals surface area contributed by atoms with E-state index >= 15 is 0 Å². The number of hydrogen-bond acceptors (Lipinski definition) is 4. The second kappa shape index (κ2) is 6.03. The van der Waals surface area contributed by atoms with Crippen molar-refractivity contribution in [3.8, 4) is 0 Å². The normalized spacial score (nSPS) is 18.4. The first kappa shape index (κ1) is 14.5. The molecule has 19 heavy (non-hydrogen) atoms. The van der Waals surface area contributed by atoms with E-state index in [0.717, 1.165) is 18.7 Å². The zero-order valence-electron chi connectivity index (χ0n) is 11.8. The van der Waals surface area contributed by atoms with Gasteiger partial charge in [0.1, 0.15) is 11.6 Å². The van der Waals surface area contributed by atoms with Crippen molar-refractivity contribution >= 4 is 9.84 Å². The van der Waals surface area contributed by atoms with Crippen LogP contribution in [0.2, 0.25) is 0 Å². The molecule has 0 saturated heterocycles. The summed E-state index contributed by atoms with van der Waals surface area (Å²) < 4.78 is 26.0. The summed E-state index contributed by atoms with van der Waals surface area (Å²) in [6.07, 6.45) is 6.93. The highest BCUT2D eigenvalue weighted by atomic mass is 32.2. The molecular formula is C13H23N3O2S. The van der Waals surface area contributed by atoms with Crippen molar-refractivity contribution < 1.29 is 8.42 Å². The van der Waals surface area contributed by atoms with Crippen LogP contribution in [0.4, 0.5) is 0 Å². The third-order valence-electron chi connectivity index (χ3n) is 3.84. The summed E-state index contributed by atoms with van der Waals surface area (Å²) in [5.41, 5.74) is 0. The number of aromatic nitrogens is 3. The molecule has 5 nitrogen and oxygen atoms in total. The van der Waals surface area contributed by atoms with E-state index in [0.29, 0.717) is 17.5 Å². The summed E-state index contributed by atoms with van der Waals surface area (Å²) in [4.78, 5) is 4.18. The van der Waals surface area contributed by atoms with Gasteiger partial charge < -0.3 is 0 Å². The van der Waals surface area contributed by atoms with Crippen molar-refractivity contribution in [2.45, 2.75) is 51.2 Å². The van der Waals surface area contributed by atoms with Crippen molar-refractivity contribution in [3.05, 3.63) is 11.6 Å². The highest BCUT2D eigenvalue weighted by Crippen LogP contribution is 2.24.